The minimum Gasteiger partial charge on any atom is -0.494 e. The van der Waals surface area contributed by atoms with Crippen LogP contribution in [-0.4, -0.2) is 60.9 Å². The van der Waals surface area contributed by atoms with Gasteiger partial charge in [0.1, 0.15) is 11.4 Å². The topological polar surface area (TPSA) is 53.1 Å². The molecule has 1 saturated heterocycles. The number of anilines is 1. The van der Waals surface area contributed by atoms with Crippen LogP contribution in [0.2, 0.25) is 0 Å². The highest BCUT2D eigenvalue weighted by Crippen LogP contribution is 2.37. The summed E-state index contributed by atoms with van der Waals surface area (Å²) in [4.78, 5) is 33.4. The maximum atomic E-state index is 13.8. The second-order valence-electron chi connectivity index (χ2n) is 8.75. The molecule has 0 bridgehead atoms. The summed E-state index contributed by atoms with van der Waals surface area (Å²) >= 11 is 0. The molecule has 33 heavy (non-hydrogen) atoms. The Hall–Kier alpha value is -3.12. The van der Waals surface area contributed by atoms with E-state index in [-0.39, 0.29) is 11.8 Å². The molecule has 174 valence electrons. The number of carbonyl (C=O) groups excluding carboxylic acids is 2. The normalized spacial score (nSPS) is 17.3. The lowest BCUT2D eigenvalue weighted by Crippen LogP contribution is -2.47. The van der Waals surface area contributed by atoms with Crippen LogP contribution >= 0.6 is 0 Å². The first-order valence-corrected chi connectivity index (χ1v) is 11.9. The van der Waals surface area contributed by atoms with Crippen molar-refractivity contribution in [2.75, 3.05) is 44.2 Å². The first-order valence-electron chi connectivity index (χ1n) is 11.9. The minimum absolute atomic E-state index is 0.236. The van der Waals surface area contributed by atoms with Gasteiger partial charge in [-0.2, -0.15) is 0 Å². The predicted octanol–water partition coefficient (Wildman–Crippen LogP) is 4.01. The van der Waals surface area contributed by atoms with E-state index in [0.29, 0.717) is 23.6 Å². The minimum atomic E-state index is -0.260. The molecular weight excluding hydrogens is 414 g/mol. The van der Waals surface area contributed by atoms with Crippen LogP contribution in [0.4, 0.5) is 5.69 Å². The van der Waals surface area contributed by atoms with Gasteiger partial charge in [-0.3, -0.25) is 9.59 Å². The van der Waals surface area contributed by atoms with Crippen LogP contribution < -0.4 is 9.64 Å². The Morgan fingerprint density at radius 3 is 2.21 bits per heavy atom. The standard InChI is InChI=1S/C27H33N3O3/c1-5-17-33-22-11-9-21(10-12-22)24-25(29-15-13-28(6-2)14-16-29)27(32)30(26(24)31)23-18-19(3)7-8-20(23)4/h7-12,18H,5-6,13-17H2,1-4H3. The summed E-state index contributed by atoms with van der Waals surface area (Å²) in [6.07, 6.45) is 0.929. The van der Waals surface area contributed by atoms with Gasteiger partial charge in [-0.25, -0.2) is 4.90 Å². The molecule has 0 atom stereocenters. The van der Waals surface area contributed by atoms with Crippen LogP contribution in [0.3, 0.4) is 0 Å². The Morgan fingerprint density at radius 1 is 0.879 bits per heavy atom. The molecule has 6 heteroatoms. The molecule has 2 aliphatic rings. The van der Waals surface area contributed by atoms with Gasteiger partial charge in [0.2, 0.25) is 0 Å². The van der Waals surface area contributed by atoms with E-state index >= 15 is 0 Å². The lowest BCUT2D eigenvalue weighted by molar-refractivity contribution is -0.120. The molecular formula is C27H33N3O3. The van der Waals surface area contributed by atoms with E-state index in [2.05, 4.69) is 23.6 Å². The average Bonchev–Trinajstić information content (AvgIpc) is 3.09. The van der Waals surface area contributed by atoms with E-state index in [4.69, 9.17) is 4.74 Å². The molecule has 1 fully saturated rings. The number of rotatable bonds is 7. The summed E-state index contributed by atoms with van der Waals surface area (Å²) in [5, 5.41) is 0. The van der Waals surface area contributed by atoms with Crippen molar-refractivity contribution in [1.29, 1.82) is 0 Å². The number of likely N-dealkylation sites (N-methyl/N-ethyl adjacent to an activating group) is 1. The number of piperazine rings is 1. The molecule has 0 saturated carbocycles. The highest BCUT2D eigenvalue weighted by molar-refractivity contribution is 6.45. The van der Waals surface area contributed by atoms with Crippen molar-refractivity contribution in [3.8, 4) is 5.75 Å². The maximum absolute atomic E-state index is 13.8. The zero-order chi connectivity index (χ0) is 23.5. The number of aryl methyl sites for hydroxylation is 2. The monoisotopic (exact) mass is 447 g/mol. The summed E-state index contributed by atoms with van der Waals surface area (Å²) in [6, 6.07) is 13.4. The Labute approximate surface area is 196 Å². The summed E-state index contributed by atoms with van der Waals surface area (Å²) < 4.78 is 5.71. The summed E-state index contributed by atoms with van der Waals surface area (Å²) in [5.41, 5.74) is 4.32. The van der Waals surface area contributed by atoms with E-state index < -0.39 is 0 Å². The van der Waals surface area contributed by atoms with Crippen LogP contribution in [0, 0.1) is 13.8 Å². The van der Waals surface area contributed by atoms with Gasteiger partial charge in [0.05, 0.1) is 17.9 Å². The van der Waals surface area contributed by atoms with E-state index in [9.17, 15) is 9.59 Å². The van der Waals surface area contributed by atoms with Crippen molar-refractivity contribution in [3.05, 3.63) is 64.9 Å². The number of hydrogen-bond acceptors (Lipinski definition) is 5. The lowest BCUT2D eigenvalue weighted by atomic mass is 10.0. The lowest BCUT2D eigenvalue weighted by Gasteiger charge is -2.36. The van der Waals surface area contributed by atoms with E-state index in [1.165, 1.54) is 4.90 Å². The van der Waals surface area contributed by atoms with E-state index in [0.717, 1.165) is 61.6 Å². The summed E-state index contributed by atoms with van der Waals surface area (Å²) in [6.45, 7) is 13.0. The molecule has 2 aromatic carbocycles. The fraction of sp³-hybridized carbons (Fsp3) is 0.407. The summed E-state index contributed by atoms with van der Waals surface area (Å²) in [5.74, 6) is 0.270. The number of carbonyl (C=O) groups is 2. The molecule has 0 aliphatic carbocycles. The molecule has 2 aliphatic heterocycles. The molecule has 0 aromatic heterocycles. The number of imide groups is 1. The van der Waals surface area contributed by atoms with Gasteiger partial charge in [0.25, 0.3) is 11.8 Å². The first kappa shape index (κ1) is 23.1. The number of hydrogen-bond donors (Lipinski definition) is 0. The van der Waals surface area contributed by atoms with Gasteiger partial charge in [-0.05, 0) is 61.7 Å². The Balaban J connectivity index is 1.75. The molecule has 2 heterocycles. The third-order valence-corrected chi connectivity index (χ3v) is 6.42. The first-order chi connectivity index (χ1) is 15.9. The van der Waals surface area contributed by atoms with Crippen LogP contribution in [0.5, 0.6) is 5.75 Å². The van der Waals surface area contributed by atoms with Gasteiger partial charge in [-0.1, -0.05) is 38.1 Å². The maximum Gasteiger partial charge on any atom is 0.282 e. The highest BCUT2D eigenvalue weighted by Gasteiger charge is 2.43. The van der Waals surface area contributed by atoms with Gasteiger partial charge in [0, 0.05) is 26.2 Å². The second-order valence-corrected chi connectivity index (χ2v) is 8.75. The predicted molar refractivity (Wildman–Crippen MR) is 131 cm³/mol. The molecule has 6 nitrogen and oxygen atoms in total. The molecule has 0 radical (unpaired) electrons. The molecule has 0 unspecified atom stereocenters. The fourth-order valence-corrected chi connectivity index (χ4v) is 4.48. The third-order valence-electron chi connectivity index (χ3n) is 6.42. The van der Waals surface area contributed by atoms with Crippen LogP contribution in [0.25, 0.3) is 5.57 Å². The van der Waals surface area contributed by atoms with Gasteiger partial charge in [-0.15, -0.1) is 0 Å². The van der Waals surface area contributed by atoms with Gasteiger partial charge >= 0.3 is 0 Å². The van der Waals surface area contributed by atoms with Crippen molar-refractivity contribution < 1.29 is 14.3 Å². The fourth-order valence-electron chi connectivity index (χ4n) is 4.48. The third kappa shape index (κ3) is 4.53. The Bertz CT molecular complexity index is 1070. The second kappa shape index (κ2) is 9.79. The Morgan fingerprint density at radius 2 is 1.58 bits per heavy atom. The van der Waals surface area contributed by atoms with Gasteiger partial charge < -0.3 is 14.5 Å². The quantitative estimate of drug-likeness (QED) is 0.600. The largest absolute Gasteiger partial charge is 0.494 e. The van der Waals surface area contributed by atoms with Crippen LogP contribution in [0.1, 0.15) is 37.0 Å². The zero-order valence-electron chi connectivity index (χ0n) is 20.1. The van der Waals surface area contributed by atoms with Crippen LogP contribution in [0.15, 0.2) is 48.2 Å². The summed E-state index contributed by atoms with van der Waals surface area (Å²) in [7, 11) is 0. The molecule has 0 N–H and O–H groups in total. The van der Waals surface area contributed by atoms with E-state index in [1.807, 2.05) is 56.3 Å². The number of ether oxygens (including phenoxy) is 1. The molecule has 2 aromatic rings. The van der Waals surface area contributed by atoms with E-state index in [1.54, 1.807) is 0 Å². The highest BCUT2D eigenvalue weighted by atomic mass is 16.5. The van der Waals surface area contributed by atoms with Crippen molar-refractivity contribution in [2.45, 2.75) is 34.1 Å². The van der Waals surface area contributed by atoms with Crippen molar-refractivity contribution in [3.63, 3.8) is 0 Å². The van der Waals surface area contributed by atoms with Gasteiger partial charge in [0.15, 0.2) is 0 Å². The smallest absolute Gasteiger partial charge is 0.282 e. The zero-order valence-corrected chi connectivity index (χ0v) is 20.1. The number of nitrogens with zero attached hydrogens (tertiary/aromatic N) is 3. The number of benzene rings is 2. The molecule has 2 amide bonds. The Kier molecular flexibility index (Phi) is 6.84. The average molecular weight is 448 g/mol. The molecule has 4 rings (SSSR count). The molecule has 0 spiro atoms. The number of amides is 2. The van der Waals surface area contributed by atoms with Crippen molar-refractivity contribution >= 4 is 23.1 Å². The SMILES string of the molecule is CCCOc1ccc(C2=C(N3CCN(CC)CC3)C(=O)N(c3cc(C)ccc3C)C2=O)cc1. The van der Waals surface area contributed by atoms with Crippen LogP contribution in [-0.2, 0) is 9.59 Å². The van der Waals surface area contributed by atoms with Crippen molar-refractivity contribution in [2.24, 2.45) is 0 Å². The van der Waals surface area contributed by atoms with Crippen molar-refractivity contribution in [1.82, 2.24) is 9.80 Å².